The van der Waals surface area contributed by atoms with Gasteiger partial charge in [-0.25, -0.2) is 8.42 Å². The monoisotopic (exact) mass is 406 g/mol. The number of methoxy groups -OCH3 is 1. The Kier molecular flexibility index (Phi) is 6.38. The zero-order chi connectivity index (χ0) is 19.3. The fourth-order valence-electron chi connectivity index (χ4n) is 3.04. The van der Waals surface area contributed by atoms with Gasteiger partial charge in [-0.3, -0.25) is 9.78 Å². The molecule has 6 nitrogen and oxygen atoms in total. The molecule has 1 aromatic carbocycles. The number of carbonyl (C=O) groups excluding carboxylic acids is 1. The molecule has 0 bridgehead atoms. The van der Waals surface area contributed by atoms with Crippen molar-refractivity contribution in [3.63, 3.8) is 0 Å². The zero-order valence-corrected chi connectivity index (χ0v) is 16.7. The van der Waals surface area contributed by atoms with E-state index in [9.17, 15) is 13.2 Å². The van der Waals surface area contributed by atoms with Crippen molar-refractivity contribution in [3.05, 3.63) is 48.8 Å². The van der Waals surface area contributed by atoms with E-state index in [0.717, 1.165) is 4.90 Å². The lowest BCUT2D eigenvalue weighted by molar-refractivity contribution is -0.129. The number of hydrogen-bond acceptors (Lipinski definition) is 6. The molecule has 0 aliphatic carbocycles. The van der Waals surface area contributed by atoms with Gasteiger partial charge in [0.05, 0.1) is 23.0 Å². The van der Waals surface area contributed by atoms with Gasteiger partial charge >= 0.3 is 0 Å². The van der Waals surface area contributed by atoms with Crippen LogP contribution in [0.5, 0.6) is 5.75 Å². The third-order valence-electron chi connectivity index (χ3n) is 4.63. The van der Waals surface area contributed by atoms with Gasteiger partial charge < -0.3 is 9.64 Å². The van der Waals surface area contributed by atoms with Crippen molar-refractivity contribution in [2.45, 2.75) is 27.9 Å². The van der Waals surface area contributed by atoms with E-state index >= 15 is 0 Å². The number of pyridine rings is 1. The van der Waals surface area contributed by atoms with E-state index in [2.05, 4.69) is 4.98 Å². The molecule has 144 valence electrons. The molecule has 0 spiro atoms. The summed E-state index contributed by atoms with van der Waals surface area (Å²) in [6.07, 6.45) is 4.31. The molecule has 0 radical (unpaired) electrons. The highest BCUT2D eigenvalue weighted by Gasteiger charge is 2.32. The third-order valence-corrected chi connectivity index (χ3v) is 7.91. The summed E-state index contributed by atoms with van der Waals surface area (Å²) in [5.74, 6) is 1.01. The second-order valence-electron chi connectivity index (χ2n) is 6.27. The fraction of sp³-hybridized carbons (Fsp3) is 0.368. The maximum atomic E-state index is 12.8. The Morgan fingerprint density at radius 2 is 1.78 bits per heavy atom. The molecule has 3 rings (SSSR count). The first kappa shape index (κ1) is 19.7. The van der Waals surface area contributed by atoms with E-state index in [1.54, 1.807) is 48.7 Å². The van der Waals surface area contributed by atoms with Crippen LogP contribution < -0.4 is 4.74 Å². The van der Waals surface area contributed by atoms with Crippen LogP contribution in [0.1, 0.15) is 12.8 Å². The molecule has 1 amide bonds. The van der Waals surface area contributed by atoms with Gasteiger partial charge in [-0.2, -0.15) is 0 Å². The number of piperidine rings is 1. The van der Waals surface area contributed by atoms with Gasteiger partial charge in [0.1, 0.15) is 5.75 Å². The first-order valence-electron chi connectivity index (χ1n) is 8.69. The number of likely N-dealkylation sites (tertiary alicyclic amines) is 1. The summed E-state index contributed by atoms with van der Waals surface area (Å²) in [6.45, 7) is 0.936. The van der Waals surface area contributed by atoms with Crippen molar-refractivity contribution >= 4 is 27.5 Å². The van der Waals surface area contributed by atoms with Crippen LogP contribution in [0.2, 0.25) is 0 Å². The van der Waals surface area contributed by atoms with E-state index < -0.39 is 15.1 Å². The van der Waals surface area contributed by atoms with Crippen LogP contribution in [0.4, 0.5) is 0 Å². The van der Waals surface area contributed by atoms with Crippen molar-refractivity contribution < 1.29 is 17.9 Å². The summed E-state index contributed by atoms with van der Waals surface area (Å²) in [5, 5.41) is -0.456. The number of benzene rings is 1. The molecule has 2 aromatic rings. The van der Waals surface area contributed by atoms with Crippen LogP contribution in [0.25, 0.3) is 0 Å². The molecular weight excluding hydrogens is 384 g/mol. The highest BCUT2D eigenvalue weighted by Crippen LogP contribution is 2.26. The number of ether oxygens (including phenoxy) is 1. The minimum Gasteiger partial charge on any atom is -0.497 e. The van der Waals surface area contributed by atoms with Gasteiger partial charge in [0.2, 0.25) is 5.91 Å². The Morgan fingerprint density at radius 1 is 1.15 bits per heavy atom. The molecule has 8 heteroatoms. The molecule has 0 atom stereocenters. The number of carbonyl (C=O) groups is 1. The van der Waals surface area contributed by atoms with E-state index in [0.29, 0.717) is 42.3 Å². The Bertz CT molecular complexity index is 862. The summed E-state index contributed by atoms with van der Waals surface area (Å²) >= 11 is 1.47. The van der Waals surface area contributed by atoms with Crippen molar-refractivity contribution in [1.29, 1.82) is 0 Å². The SMILES string of the molecule is COc1ccc(S(=O)(=O)C2CCN(C(=O)CSc3ccncc3)CC2)cc1. The highest BCUT2D eigenvalue weighted by atomic mass is 32.2. The Balaban J connectivity index is 1.55. The summed E-state index contributed by atoms with van der Waals surface area (Å²) in [5.41, 5.74) is 0. The second-order valence-corrected chi connectivity index (χ2v) is 9.55. The van der Waals surface area contributed by atoms with Gasteiger partial charge in [0.25, 0.3) is 0 Å². The molecule has 1 saturated heterocycles. The summed E-state index contributed by atoms with van der Waals surface area (Å²) in [6, 6.07) is 10.2. The van der Waals surface area contributed by atoms with E-state index in [1.165, 1.54) is 11.8 Å². The maximum absolute atomic E-state index is 12.8. The number of hydrogen-bond donors (Lipinski definition) is 0. The molecule has 1 aliphatic rings. The van der Waals surface area contributed by atoms with Crippen molar-refractivity contribution in [2.75, 3.05) is 26.0 Å². The van der Waals surface area contributed by atoms with Crippen molar-refractivity contribution in [1.82, 2.24) is 9.88 Å². The standard InChI is InChI=1S/C19H22N2O4S2/c1-25-15-2-4-17(5-3-15)27(23,24)18-8-12-21(13-9-18)19(22)14-26-16-6-10-20-11-7-16/h2-7,10-11,18H,8-9,12-14H2,1H3. The Labute approximate surface area is 163 Å². The van der Waals surface area contributed by atoms with Gasteiger partial charge in [0, 0.05) is 30.4 Å². The molecule has 0 N–H and O–H groups in total. The van der Waals surface area contributed by atoms with Gasteiger partial charge in [0.15, 0.2) is 9.84 Å². The van der Waals surface area contributed by atoms with E-state index in [4.69, 9.17) is 4.74 Å². The summed E-state index contributed by atoms with van der Waals surface area (Å²) in [7, 11) is -1.85. The van der Waals surface area contributed by atoms with Crippen LogP contribution in [0.3, 0.4) is 0 Å². The second kappa shape index (κ2) is 8.75. The van der Waals surface area contributed by atoms with Crippen LogP contribution >= 0.6 is 11.8 Å². The lowest BCUT2D eigenvalue weighted by Crippen LogP contribution is -2.43. The smallest absolute Gasteiger partial charge is 0.232 e. The van der Waals surface area contributed by atoms with Gasteiger partial charge in [-0.15, -0.1) is 11.8 Å². The van der Waals surface area contributed by atoms with Crippen molar-refractivity contribution in [2.24, 2.45) is 0 Å². The quantitative estimate of drug-likeness (QED) is 0.687. The first-order valence-corrected chi connectivity index (χ1v) is 11.2. The lowest BCUT2D eigenvalue weighted by atomic mass is 10.1. The number of thioether (sulfide) groups is 1. The largest absolute Gasteiger partial charge is 0.497 e. The zero-order valence-electron chi connectivity index (χ0n) is 15.1. The van der Waals surface area contributed by atoms with E-state index in [-0.39, 0.29) is 5.91 Å². The van der Waals surface area contributed by atoms with Gasteiger partial charge in [-0.05, 0) is 49.2 Å². The molecule has 0 unspecified atom stereocenters. The van der Waals surface area contributed by atoms with Crippen LogP contribution in [-0.4, -0.2) is 55.4 Å². The van der Waals surface area contributed by atoms with Crippen molar-refractivity contribution in [3.8, 4) is 5.75 Å². The Morgan fingerprint density at radius 3 is 2.37 bits per heavy atom. The molecular formula is C19H22N2O4S2. The summed E-state index contributed by atoms with van der Waals surface area (Å²) < 4.78 is 30.7. The minimum absolute atomic E-state index is 0.0390. The number of aromatic nitrogens is 1. The maximum Gasteiger partial charge on any atom is 0.232 e. The number of nitrogens with zero attached hydrogens (tertiary/aromatic N) is 2. The average molecular weight is 407 g/mol. The number of amides is 1. The fourth-order valence-corrected chi connectivity index (χ4v) is 5.56. The topological polar surface area (TPSA) is 76.6 Å². The van der Waals surface area contributed by atoms with Crippen LogP contribution in [0.15, 0.2) is 58.6 Å². The molecule has 1 aliphatic heterocycles. The average Bonchev–Trinajstić information content (AvgIpc) is 2.73. The predicted molar refractivity (Wildman–Crippen MR) is 105 cm³/mol. The molecule has 2 heterocycles. The number of sulfone groups is 1. The Hall–Kier alpha value is -2.06. The first-order chi connectivity index (χ1) is 13.0. The molecule has 1 aromatic heterocycles. The van der Waals surface area contributed by atoms with Crippen LogP contribution in [0, 0.1) is 0 Å². The van der Waals surface area contributed by atoms with E-state index in [1.807, 2.05) is 12.1 Å². The third kappa shape index (κ3) is 4.81. The lowest BCUT2D eigenvalue weighted by Gasteiger charge is -2.31. The minimum atomic E-state index is -3.40. The molecule has 0 saturated carbocycles. The highest BCUT2D eigenvalue weighted by molar-refractivity contribution is 8.00. The summed E-state index contributed by atoms with van der Waals surface area (Å²) in [4.78, 5) is 19.4. The number of rotatable bonds is 6. The van der Waals surface area contributed by atoms with Crippen LogP contribution in [-0.2, 0) is 14.6 Å². The molecule has 1 fully saturated rings. The normalized spacial score (nSPS) is 15.5. The molecule has 27 heavy (non-hydrogen) atoms. The van der Waals surface area contributed by atoms with Gasteiger partial charge in [-0.1, -0.05) is 0 Å². The predicted octanol–water partition coefficient (Wildman–Crippen LogP) is 2.65.